The zero-order valence-corrected chi connectivity index (χ0v) is 13.9. The molecule has 1 saturated heterocycles. The van der Waals surface area contributed by atoms with Crippen LogP contribution in [0.5, 0.6) is 0 Å². The van der Waals surface area contributed by atoms with Crippen LogP contribution >= 0.6 is 12.4 Å². The quantitative estimate of drug-likeness (QED) is 0.846. The highest BCUT2D eigenvalue weighted by Gasteiger charge is 2.29. The van der Waals surface area contributed by atoms with Crippen molar-refractivity contribution < 1.29 is 4.79 Å². The number of nitrogens with zero attached hydrogens (tertiary/aromatic N) is 1. The molecular formula is C16H31ClN2O. The van der Waals surface area contributed by atoms with E-state index in [2.05, 4.69) is 17.1 Å². The highest BCUT2D eigenvalue weighted by atomic mass is 35.5. The summed E-state index contributed by atoms with van der Waals surface area (Å²) in [5.74, 6) is 2.11. The van der Waals surface area contributed by atoms with E-state index in [9.17, 15) is 4.79 Å². The lowest BCUT2D eigenvalue weighted by Gasteiger charge is -2.27. The summed E-state index contributed by atoms with van der Waals surface area (Å²) in [7, 11) is 2.00. The number of hydrogen-bond donors (Lipinski definition) is 1. The van der Waals surface area contributed by atoms with Crippen LogP contribution in [0.2, 0.25) is 0 Å². The molecule has 3 nitrogen and oxygen atoms in total. The highest BCUT2D eigenvalue weighted by molar-refractivity contribution is 5.85. The maximum atomic E-state index is 12.5. The molecule has 1 heterocycles. The van der Waals surface area contributed by atoms with Gasteiger partial charge in [-0.3, -0.25) is 4.79 Å². The Morgan fingerprint density at radius 1 is 1.20 bits per heavy atom. The average molecular weight is 303 g/mol. The molecule has 2 aliphatic rings. The molecule has 2 rings (SSSR count). The predicted molar refractivity (Wildman–Crippen MR) is 86.2 cm³/mol. The molecule has 118 valence electrons. The lowest BCUT2D eigenvalue weighted by Crippen LogP contribution is -2.35. The first-order valence-corrected chi connectivity index (χ1v) is 8.14. The van der Waals surface area contributed by atoms with Crippen molar-refractivity contribution in [2.75, 3.05) is 26.7 Å². The van der Waals surface area contributed by atoms with Gasteiger partial charge in [0.15, 0.2) is 0 Å². The first-order chi connectivity index (χ1) is 9.20. The smallest absolute Gasteiger partial charge is 0.225 e. The predicted octanol–water partition coefficient (Wildman–Crippen LogP) is 3.08. The molecule has 1 N–H and O–H groups in total. The van der Waals surface area contributed by atoms with E-state index in [0.29, 0.717) is 11.8 Å². The van der Waals surface area contributed by atoms with Crippen LogP contribution < -0.4 is 5.32 Å². The number of rotatable bonds is 5. The summed E-state index contributed by atoms with van der Waals surface area (Å²) in [4.78, 5) is 14.6. The Labute approximate surface area is 130 Å². The lowest BCUT2D eigenvalue weighted by atomic mass is 9.83. The Morgan fingerprint density at radius 2 is 1.90 bits per heavy atom. The van der Waals surface area contributed by atoms with E-state index in [1.165, 1.54) is 38.5 Å². The van der Waals surface area contributed by atoms with E-state index in [4.69, 9.17) is 0 Å². The highest BCUT2D eigenvalue weighted by Crippen LogP contribution is 2.30. The Bertz CT molecular complexity index is 292. The molecule has 1 aliphatic heterocycles. The Morgan fingerprint density at radius 3 is 2.55 bits per heavy atom. The number of amides is 1. The molecule has 0 spiro atoms. The van der Waals surface area contributed by atoms with Gasteiger partial charge >= 0.3 is 0 Å². The molecule has 1 saturated carbocycles. The van der Waals surface area contributed by atoms with Gasteiger partial charge in [-0.05, 0) is 38.3 Å². The molecule has 1 amide bonds. The first-order valence-electron chi connectivity index (χ1n) is 8.14. The monoisotopic (exact) mass is 302 g/mol. The van der Waals surface area contributed by atoms with E-state index in [-0.39, 0.29) is 18.3 Å². The average Bonchev–Trinajstić information content (AvgIpc) is 2.88. The summed E-state index contributed by atoms with van der Waals surface area (Å²) >= 11 is 0. The van der Waals surface area contributed by atoms with Gasteiger partial charge in [0, 0.05) is 19.0 Å². The largest absolute Gasteiger partial charge is 0.342 e. The number of hydrogen-bond acceptors (Lipinski definition) is 2. The minimum absolute atomic E-state index is 0. The molecule has 0 aromatic heterocycles. The minimum Gasteiger partial charge on any atom is -0.342 e. The van der Waals surface area contributed by atoms with Crippen LogP contribution in [0.3, 0.4) is 0 Å². The maximum Gasteiger partial charge on any atom is 0.225 e. The fourth-order valence-electron chi connectivity index (χ4n) is 3.82. The first kappa shape index (κ1) is 17.8. The van der Waals surface area contributed by atoms with Crippen molar-refractivity contribution in [1.29, 1.82) is 0 Å². The van der Waals surface area contributed by atoms with Crippen molar-refractivity contribution in [3.63, 3.8) is 0 Å². The third kappa shape index (κ3) is 4.92. The SMILES string of the molecule is CNCC1CCN(C(=O)C(C)CC2CCCCC2)C1.Cl. The molecule has 0 aromatic carbocycles. The molecule has 0 bridgehead atoms. The number of carbonyl (C=O) groups excluding carboxylic acids is 1. The van der Waals surface area contributed by atoms with Gasteiger partial charge in [0.05, 0.1) is 0 Å². The van der Waals surface area contributed by atoms with Crippen LogP contribution in [0.1, 0.15) is 51.9 Å². The van der Waals surface area contributed by atoms with Gasteiger partial charge in [0.2, 0.25) is 5.91 Å². The zero-order chi connectivity index (χ0) is 13.7. The fourth-order valence-corrected chi connectivity index (χ4v) is 3.82. The summed E-state index contributed by atoms with van der Waals surface area (Å²) in [6, 6.07) is 0. The second-order valence-corrected chi connectivity index (χ2v) is 6.64. The van der Waals surface area contributed by atoms with Crippen molar-refractivity contribution >= 4 is 18.3 Å². The maximum absolute atomic E-state index is 12.5. The number of nitrogens with one attached hydrogen (secondary N) is 1. The Hall–Kier alpha value is -0.280. The van der Waals surface area contributed by atoms with E-state index in [0.717, 1.165) is 32.0 Å². The van der Waals surface area contributed by atoms with Crippen LogP contribution in [-0.2, 0) is 4.79 Å². The molecule has 2 fully saturated rings. The topological polar surface area (TPSA) is 32.3 Å². The van der Waals surface area contributed by atoms with Crippen molar-refractivity contribution in [3.8, 4) is 0 Å². The minimum atomic E-state index is 0. The molecule has 20 heavy (non-hydrogen) atoms. The van der Waals surface area contributed by atoms with Crippen LogP contribution in [0.25, 0.3) is 0 Å². The van der Waals surface area contributed by atoms with Gasteiger partial charge in [-0.25, -0.2) is 0 Å². The standard InChI is InChI=1S/C16H30N2O.ClH/c1-13(10-14-6-4-3-5-7-14)16(19)18-9-8-15(12-18)11-17-2;/h13-15,17H,3-12H2,1-2H3;1H. The van der Waals surface area contributed by atoms with Crippen molar-refractivity contribution in [2.24, 2.45) is 17.8 Å². The Balaban J connectivity index is 0.00000200. The number of likely N-dealkylation sites (tertiary alicyclic amines) is 1. The second-order valence-electron chi connectivity index (χ2n) is 6.64. The fraction of sp³-hybridized carbons (Fsp3) is 0.938. The van der Waals surface area contributed by atoms with E-state index in [1.54, 1.807) is 0 Å². The molecule has 0 radical (unpaired) electrons. The van der Waals surface area contributed by atoms with E-state index >= 15 is 0 Å². The second kappa shape index (κ2) is 8.89. The van der Waals surface area contributed by atoms with E-state index in [1.807, 2.05) is 7.05 Å². The van der Waals surface area contributed by atoms with Crippen LogP contribution in [0.4, 0.5) is 0 Å². The molecule has 2 unspecified atom stereocenters. The van der Waals surface area contributed by atoms with Crippen LogP contribution in [-0.4, -0.2) is 37.5 Å². The third-order valence-corrected chi connectivity index (χ3v) is 4.92. The Kier molecular flexibility index (Phi) is 7.90. The number of halogens is 1. The molecular weight excluding hydrogens is 272 g/mol. The molecule has 2 atom stereocenters. The third-order valence-electron chi connectivity index (χ3n) is 4.92. The van der Waals surface area contributed by atoms with Crippen molar-refractivity contribution in [3.05, 3.63) is 0 Å². The molecule has 0 aromatic rings. The van der Waals surface area contributed by atoms with Gasteiger partial charge in [-0.2, -0.15) is 0 Å². The summed E-state index contributed by atoms with van der Waals surface area (Å²) in [5.41, 5.74) is 0. The summed E-state index contributed by atoms with van der Waals surface area (Å²) in [6.07, 6.45) is 9.13. The van der Waals surface area contributed by atoms with Gasteiger partial charge in [0.25, 0.3) is 0 Å². The van der Waals surface area contributed by atoms with Crippen molar-refractivity contribution in [2.45, 2.75) is 51.9 Å². The number of carbonyl (C=O) groups is 1. The summed E-state index contributed by atoms with van der Waals surface area (Å²) in [5, 5.41) is 3.23. The lowest BCUT2D eigenvalue weighted by molar-refractivity contribution is -0.134. The van der Waals surface area contributed by atoms with Gasteiger partial charge in [-0.1, -0.05) is 39.0 Å². The van der Waals surface area contributed by atoms with Crippen molar-refractivity contribution in [1.82, 2.24) is 10.2 Å². The summed E-state index contributed by atoms with van der Waals surface area (Å²) < 4.78 is 0. The van der Waals surface area contributed by atoms with Gasteiger partial charge < -0.3 is 10.2 Å². The normalized spacial score (nSPS) is 25.3. The van der Waals surface area contributed by atoms with E-state index < -0.39 is 0 Å². The van der Waals surface area contributed by atoms with Gasteiger partial charge in [0.1, 0.15) is 0 Å². The zero-order valence-electron chi connectivity index (χ0n) is 13.1. The van der Waals surface area contributed by atoms with Crippen LogP contribution in [0, 0.1) is 17.8 Å². The van der Waals surface area contributed by atoms with Gasteiger partial charge in [-0.15, -0.1) is 12.4 Å². The van der Waals surface area contributed by atoms with Crippen LogP contribution in [0.15, 0.2) is 0 Å². The summed E-state index contributed by atoms with van der Waals surface area (Å²) in [6.45, 7) is 5.12. The molecule has 4 heteroatoms. The molecule has 1 aliphatic carbocycles.